The van der Waals surface area contributed by atoms with E-state index in [9.17, 15) is 9.59 Å². The first-order chi connectivity index (χ1) is 12.2. The van der Waals surface area contributed by atoms with E-state index in [4.69, 9.17) is 21.1 Å². The molecule has 0 bridgehead atoms. The zero-order valence-electron chi connectivity index (χ0n) is 14.6. The molecule has 0 unspecified atom stereocenters. The van der Waals surface area contributed by atoms with Crippen molar-refractivity contribution >= 4 is 39.9 Å². The highest BCUT2D eigenvalue weighted by Gasteiger charge is 2.16. The molecule has 0 saturated heterocycles. The van der Waals surface area contributed by atoms with Gasteiger partial charge in [0.15, 0.2) is 6.29 Å². The van der Waals surface area contributed by atoms with Crippen molar-refractivity contribution in [1.29, 1.82) is 0 Å². The van der Waals surface area contributed by atoms with Gasteiger partial charge in [-0.15, -0.1) is 0 Å². The van der Waals surface area contributed by atoms with E-state index in [-0.39, 0.29) is 6.54 Å². The molecule has 1 N–H and O–H groups in total. The average molecular weight is 441 g/mol. The first-order valence-corrected chi connectivity index (χ1v) is 9.03. The van der Waals surface area contributed by atoms with Crippen LogP contribution in [0.25, 0.3) is 0 Å². The lowest BCUT2D eigenvalue weighted by Crippen LogP contribution is -2.32. The Kier molecular flexibility index (Phi) is 6.67. The third-order valence-corrected chi connectivity index (χ3v) is 4.14. The summed E-state index contributed by atoms with van der Waals surface area (Å²) >= 11 is 9.57. The number of hydrogen-bond acceptors (Lipinski definition) is 4. The van der Waals surface area contributed by atoms with Crippen LogP contribution in [0.3, 0.4) is 0 Å². The summed E-state index contributed by atoms with van der Waals surface area (Å²) in [6.07, 6.45) is 0.266. The quantitative estimate of drug-likeness (QED) is 0.603. The molecule has 0 aliphatic rings. The summed E-state index contributed by atoms with van der Waals surface area (Å²) in [5.41, 5.74) is 0.797. The molecule has 0 aromatic heterocycles. The summed E-state index contributed by atoms with van der Waals surface area (Å²) in [4.78, 5) is 22.5. The maximum absolute atomic E-state index is 11.7. The van der Waals surface area contributed by atoms with Gasteiger partial charge in [0.25, 0.3) is 0 Å². The largest absolute Gasteiger partial charge is 0.456 e. The first-order valence-electron chi connectivity index (χ1n) is 7.86. The van der Waals surface area contributed by atoms with E-state index in [2.05, 4.69) is 21.2 Å². The van der Waals surface area contributed by atoms with E-state index in [0.717, 1.165) is 11.8 Å². The summed E-state index contributed by atoms with van der Waals surface area (Å²) in [5.74, 6) is 1.02. The first kappa shape index (κ1) is 20.3. The topological polar surface area (TPSA) is 64.6 Å². The van der Waals surface area contributed by atoms with Crippen molar-refractivity contribution in [2.45, 2.75) is 32.9 Å². The summed E-state index contributed by atoms with van der Waals surface area (Å²) in [6, 6.07) is 10.3. The molecule has 0 atom stereocenters. The molecule has 2 aromatic rings. The molecule has 0 radical (unpaired) electrons. The lowest BCUT2D eigenvalue weighted by atomic mass is 10.2. The minimum atomic E-state index is -0.549. The Morgan fingerprint density at radius 3 is 2.54 bits per heavy atom. The normalized spacial score (nSPS) is 11.0. The van der Waals surface area contributed by atoms with E-state index in [1.54, 1.807) is 57.2 Å². The molecule has 138 valence electrons. The molecule has 0 fully saturated rings. The number of amides is 1. The Hall–Kier alpha value is -2.05. The van der Waals surface area contributed by atoms with Crippen molar-refractivity contribution in [3.05, 3.63) is 57.0 Å². The average Bonchev–Trinajstić information content (AvgIpc) is 2.54. The summed E-state index contributed by atoms with van der Waals surface area (Å²) in [6.45, 7) is 5.69. The highest BCUT2D eigenvalue weighted by atomic mass is 79.9. The molecule has 7 heteroatoms. The van der Waals surface area contributed by atoms with Crippen LogP contribution in [-0.4, -0.2) is 18.0 Å². The van der Waals surface area contributed by atoms with Gasteiger partial charge in [-0.25, -0.2) is 4.79 Å². The predicted molar refractivity (Wildman–Crippen MR) is 104 cm³/mol. The summed E-state index contributed by atoms with van der Waals surface area (Å²) in [5, 5.41) is 3.08. The van der Waals surface area contributed by atoms with Gasteiger partial charge >= 0.3 is 6.09 Å². The third-order valence-electron chi connectivity index (χ3n) is 3.16. The highest BCUT2D eigenvalue weighted by Crippen LogP contribution is 2.32. The van der Waals surface area contributed by atoms with Crippen LogP contribution in [0.1, 0.15) is 36.7 Å². The van der Waals surface area contributed by atoms with E-state index in [1.807, 2.05) is 0 Å². The Bertz CT molecular complexity index is 818. The number of rotatable bonds is 5. The van der Waals surface area contributed by atoms with E-state index < -0.39 is 11.7 Å². The van der Waals surface area contributed by atoms with Gasteiger partial charge in [0, 0.05) is 16.6 Å². The van der Waals surface area contributed by atoms with Crippen LogP contribution in [0.4, 0.5) is 4.79 Å². The zero-order chi connectivity index (χ0) is 19.3. The Morgan fingerprint density at radius 1 is 1.23 bits per heavy atom. The van der Waals surface area contributed by atoms with E-state index in [0.29, 0.717) is 26.6 Å². The second kappa shape index (κ2) is 8.56. The highest BCUT2D eigenvalue weighted by molar-refractivity contribution is 9.10. The molecular formula is C19H19BrClNO4. The number of hydrogen-bond donors (Lipinski definition) is 1. The van der Waals surface area contributed by atoms with Crippen molar-refractivity contribution in [3.63, 3.8) is 0 Å². The lowest BCUT2D eigenvalue weighted by molar-refractivity contribution is 0.0523. The molecule has 0 aliphatic heterocycles. The molecule has 0 spiro atoms. The number of benzene rings is 2. The molecule has 26 heavy (non-hydrogen) atoms. The fourth-order valence-electron chi connectivity index (χ4n) is 2.02. The van der Waals surface area contributed by atoms with Gasteiger partial charge in [-0.05, 0) is 72.6 Å². The molecule has 0 heterocycles. The lowest BCUT2D eigenvalue weighted by Gasteiger charge is -2.19. The minimum absolute atomic E-state index is 0.286. The maximum Gasteiger partial charge on any atom is 0.407 e. The van der Waals surface area contributed by atoms with Gasteiger partial charge in [-0.2, -0.15) is 0 Å². The number of halogens is 2. The fraction of sp³-hybridized carbons (Fsp3) is 0.263. The Labute approximate surface area is 165 Å². The molecule has 0 aliphatic carbocycles. The number of carbonyl (C=O) groups is 2. The van der Waals surface area contributed by atoms with Crippen molar-refractivity contribution in [1.82, 2.24) is 5.32 Å². The van der Waals surface area contributed by atoms with Crippen LogP contribution in [0.15, 0.2) is 40.9 Å². The molecular weight excluding hydrogens is 422 g/mol. The van der Waals surface area contributed by atoms with Crippen molar-refractivity contribution in [3.8, 4) is 11.5 Å². The van der Waals surface area contributed by atoms with Crippen LogP contribution in [0.5, 0.6) is 11.5 Å². The Balaban J connectivity index is 2.02. The van der Waals surface area contributed by atoms with Gasteiger partial charge in [0.05, 0.1) is 5.02 Å². The van der Waals surface area contributed by atoms with Crippen LogP contribution in [-0.2, 0) is 11.3 Å². The molecule has 2 aromatic carbocycles. The van der Waals surface area contributed by atoms with E-state index >= 15 is 0 Å². The van der Waals surface area contributed by atoms with Crippen molar-refractivity contribution in [2.75, 3.05) is 0 Å². The maximum atomic E-state index is 11.7. The van der Waals surface area contributed by atoms with Crippen molar-refractivity contribution < 1.29 is 19.1 Å². The third kappa shape index (κ3) is 6.04. The number of nitrogens with one attached hydrogen (secondary N) is 1. The van der Waals surface area contributed by atoms with Gasteiger partial charge in [0.1, 0.15) is 17.1 Å². The smallest absolute Gasteiger partial charge is 0.407 e. The van der Waals surface area contributed by atoms with Gasteiger partial charge in [-0.3, -0.25) is 4.79 Å². The summed E-state index contributed by atoms with van der Waals surface area (Å²) < 4.78 is 11.6. The Morgan fingerprint density at radius 2 is 1.96 bits per heavy atom. The SMILES string of the molecule is CC(C)(C)OC(=O)NCc1ccc(Oc2ccc(C=O)c(Br)c2)c(Cl)c1. The monoisotopic (exact) mass is 439 g/mol. The molecule has 0 saturated carbocycles. The van der Waals surface area contributed by atoms with Gasteiger partial charge in [0.2, 0.25) is 0 Å². The molecule has 1 amide bonds. The predicted octanol–water partition coefficient (Wildman–Crippen LogP) is 5.73. The molecule has 2 rings (SSSR count). The number of carbonyl (C=O) groups excluding carboxylic acids is 2. The zero-order valence-corrected chi connectivity index (χ0v) is 17.0. The minimum Gasteiger partial charge on any atom is -0.456 e. The van der Waals surface area contributed by atoms with Crippen LogP contribution >= 0.6 is 27.5 Å². The second-order valence-electron chi connectivity index (χ2n) is 6.52. The van der Waals surface area contributed by atoms with Crippen molar-refractivity contribution in [2.24, 2.45) is 0 Å². The van der Waals surface area contributed by atoms with Gasteiger partial charge in [-0.1, -0.05) is 17.7 Å². The van der Waals surface area contributed by atoms with Gasteiger partial charge < -0.3 is 14.8 Å². The van der Waals surface area contributed by atoms with Crippen LogP contribution in [0, 0.1) is 0 Å². The van der Waals surface area contributed by atoms with Crippen LogP contribution < -0.4 is 10.1 Å². The summed E-state index contributed by atoms with van der Waals surface area (Å²) in [7, 11) is 0. The number of aldehydes is 1. The van der Waals surface area contributed by atoms with E-state index in [1.165, 1.54) is 0 Å². The molecule has 5 nitrogen and oxygen atoms in total. The number of alkyl carbamates (subject to hydrolysis) is 1. The second-order valence-corrected chi connectivity index (χ2v) is 7.78. The fourth-order valence-corrected chi connectivity index (χ4v) is 2.71. The number of ether oxygens (including phenoxy) is 2. The standard InChI is InChI=1S/C19H19BrClNO4/c1-19(2,3)26-18(24)22-10-12-4-7-17(16(21)8-12)25-14-6-5-13(11-23)15(20)9-14/h4-9,11H,10H2,1-3H3,(H,22,24). The van der Waals surface area contributed by atoms with Crippen LogP contribution in [0.2, 0.25) is 5.02 Å².